The van der Waals surface area contributed by atoms with Gasteiger partial charge in [0.05, 0.1) is 35.6 Å². The second-order valence-corrected chi connectivity index (χ2v) is 17.8. The minimum absolute atomic E-state index is 0.0235. The van der Waals surface area contributed by atoms with Crippen molar-refractivity contribution < 1.29 is 67.8 Å². The maximum atomic E-state index is 15.6. The van der Waals surface area contributed by atoms with E-state index in [1.807, 2.05) is 6.92 Å². The van der Waals surface area contributed by atoms with E-state index in [-0.39, 0.29) is 42.6 Å². The van der Waals surface area contributed by atoms with Crippen LogP contribution in [0.15, 0.2) is 71.8 Å². The number of hydrogen-bond donors (Lipinski definition) is 4. The Morgan fingerprint density at radius 1 is 0.935 bits per heavy atom. The monoisotopic (exact) mass is 861 g/mol. The van der Waals surface area contributed by atoms with E-state index in [1.165, 1.54) is 26.0 Å². The fourth-order valence-corrected chi connectivity index (χ4v) is 10.2. The molecule has 0 aromatic heterocycles. The molecule has 1 heterocycles. The molecule has 62 heavy (non-hydrogen) atoms. The highest BCUT2D eigenvalue weighted by Gasteiger charge is 2.78. The Morgan fingerprint density at radius 2 is 1.58 bits per heavy atom. The average Bonchev–Trinajstić information content (AvgIpc) is 3.24. The van der Waals surface area contributed by atoms with Crippen LogP contribution in [-0.2, 0) is 47.7 Å². The molecule has 1 saturated heterocycles. The number of benzene rings is 2. The van der Waals surface area contributed by atoms with Crippen LogP contribution < -0.4 is 5.32 Å². The second kappa shape index (κ2) is 18.0. The summed E-state index contributed by atoms with van der Waals surface area (Å²) in [4.78, 5) is 83.6. The Balaban J connectivity index is 1.53. The number of amides is 1. The molecule has 6 rings (SSSR count). The highest BCUT2D eigenvalue weighted by molar-refractivity contribution is 5.96. The van der Waals surface area contributed by atoms with Gasteiger partial charge in [-0.15, -0.1) is 0 Å². The van der Waals surface area contributed by atoms with Crippen LogP contribution in [0.4, 0.5) is 0 Å². The van der Waals surface area contributed by atoms with Gasteiger partial charge >= 0.3 is 23.9 Å². The van der Waals surface area contributed by atoms with E-state index in [9.17, 15) is 39.3 Å². The van der Waals surface area contributed by atoms with Gasteiger partial charge in [0.2, 0.25) is 5.91 Å². The van der Waals surface area contributed by atoms with E-state index in [2.05, 4.69) is 5.32 Å². The van der Waals surface area contributed by atoms with Gasteiger partial charge in [-0.2, -0.15) is 0 Å². The predicted octanol–water partition coefficient (Wildman–Crippen LogP) is 4.39. The molecule has 2 bridgehead atoms. The van der Waals surface area contributed by atoms with Crippen LogP contribution in [0.1, 0.15) is 115 Å². The Labute approximate surface area is 361 Å². The quantitative estimate of drug-likeness (QED) is 0.0896. The van der Waals surface area contributed by atoms with E-state index < -0.39 is 113 Å². The minimum atomic E-state index is -2.37. The normalized spacial score (nSPS) is 31.9. The molecule has 4 aliphatic rings. The predicted molar refractivity (Wildman–Crippen MR) is 221 cm³/mol. The summed E-state index contributed by atoms with van der Waals surface area (Å²) in [5, 5.41) is 40.3. The van der Waals surface area contributed by atoms with Crippen molar-refractivity contribution in [1.29, 1.82) is 0 Å². The summed E-state index contributed by atoms with van der Waals surface area (Å²) in [7, 11) is 0. The lowest BCUT2D eigenvalue weighted by molar-refractivity contribution is -0.346. The van der Waals surface area contributed by atoms with Gasteiger partial charge in [-0.05, 0) is 49.1 Å². The molecule has 3 fully saturated rings. The summed E-state index contributed by atoms with van der Waals surface area (Å²) in [5.41, 5.74) is -7.11. The highest BCUT2D eigenvalue weighted by Crippen LogP contribution is 2.64. The van der Waals surface area contributed by atoms with Crippen molar-refractivity contribution >= 4 is 35.6 Å². The average molecular weight is 862 g/mol. The third-order valence-electron chi connectivity index (χ3n) is 13.7. The zero-order valence-corrected chi connectivity index (χ0v) is 36.4. The number of esters is 4. The van der Waals surface area contributed by atoms with Gasteiger partial charge in [0.1, 0.15) is 23.9 Å². The maximum absolute atomic E-state index is 15.6. The molecule has 15 nitrogen and oxygen atoms in total. The number of rotatable bonds is 14. The number of ketones is 1. The Morgan fingerprint density at radius 3 is 2.16 bits per heavy atom. The molecule has 2 aromatic rings. The highest BCUT2D eigenvalue weighted by atomic mass is 16.6. The Bertz CT molecular complexity index is 2070. The lowest BCUT2D eigenvalue weighted by Gasteiger charge is -2.67. The molecule has 1 amide bonds. The number of unbranched alkanes of at least 4 members (excludes halogenated alkanes) is 2. The third kappa shape index (κ3) is 8.08. The lowest BCUT2D eigenvalue weighted by atomic mass is 9.44. The fraction of sp³-hybridized carbons (Fsp3) is 0.574. The Kier molecular flexibility index (Phi) is 13.5. The summed E-state index contributed by atoms with van der Waals surface area (Å²) in [6, 6.07) is 15.0. The number of carbonyl (C=O) groups excluding carboxylic acids is 6. The van der Waals surface area contributed by atoms with Crippen LogP contribution in [0.25, 0.3) is 0 Å². The molecule has 0 radical (unpaired) electrons. The van der Waals surface area contributed by atoms with E-state index in [0.717, 1.165) is 19.8 Å². The standard InChI is InChI=1S/C47H59NO14/c1-8-10-13-22-33(51)48-36(28-18-14-11-15-19-28)37(53)43(56)59-30-24-47(57)41(61-42(55)29-20-16-12-17-21-29)39-45(7,31(50)23-32-46(39,25-58-32)62-27(4)49)40(54)38(60-34(52)9-2)35(26(30)3)44(47,5)6/h11-12,14-21,30-32,36-39,41,50,53,57H,8-10,13,22-25H2,1-7H3,(H,48,51)/t30-,31-,32+,36-,37+,38-,39-,41-,45+,46-,47+/m0/s1. The van der Waals surface area contributed by atoms with Gasteiger partial charge in [-0.25, -0.2) is 9.59 Å². The van der Waals surface area contributed by atoms with Gasteiger partial charge in [0.15, 0.2) is 23.6 Å². The van der Waals surface area contributed by atoms with Crippen LogP contribution in [0.3, 0.4) is 0 Å². The molecule has 2 aromatic carbocycles. The van der Waals surface area contributed by atoms with Crippen LogP contribution in [0, 0.1) is 16.7 Å². The van der Waals surface area contributed by atoms with Crippen molar-refractivity contribution in [2.75, 3.05) is 6.61 Å². The third-order valence-corrected chi connectivity index (χ3v) is 13.7. The molecule has 2 saturated carbocycles. The molecule has 3 aliphatic carbocycles. The first-order chi connectivity index (χ1) is 29.3. The molecule has 4 N–H and O–H groups in total. The molecule has 336 valence electrons. The summed E-state index contributed by atoms with van der Waals surface area (Å²) in [6.45, 7) is 10.5. The second-order valence-electron chi connectivity index (χ2n) is 17.8. The summed E-state index contributed by atoms with van der Waals surface area (Å²) < 4.78 is 30.5. The van der Waals surface area contributed by atoms with E-state index in [0.29, 0.717) is 12.0 Å². The van der Waals surface area contributed by atoms with E-state index >= 15 is 4.79 Å². The van der Waals surface area contributed by atoms with E-state index in [1.54, 1.807) is 69.3 Å². The molecule has 0 unspecified atom stereocenters. The van der Waals surface area contributed by atoms with Gasteiger partial charge in [0.25, 0.3) is 0 Å². The first-order valence-electron chi connectivity index (χ1n) is 21.4. The van der Waals surface area contributed by atoms with Crippen LogP contribution in [-0.4, -0.2) is 105 Å². The van der Waals surface area contributed by atoms with Gasteiger partial charge in [-0.3, -0.25) is 19.2 Å². The minimum Gasteiger partial charge on any atom is -0.456 e. The van der Waals surface area contributed by atoms with Crippen molar-refractivity contribution in [3.05, 3.63) is 82.9 Å². The zero-order chi connectivity index (χ0) is 45.4. The Hall–Kier alpha value is -4.96. The zero-order valence-electron chi connectivity index (χ0n) is 36.4. The molecular weight excluding hydrogens is 803 g/mol. The number of hydrogen-bond acceptors (Lipinski definition) is 14. The van der Waals surface area contributed by atoms with Crippen molar-refractivity contribution in [3.8, 4) is 0 Å². The van der Waals surface area contributed by atoms with Gasteiger partial charge in [-0.1, -0.05) is 89.1 Å². The van der Waals surface area contributed by atoms with Crippen LogP contribution in [0.5, 0.6) is 0 Å². The van der Waals surface area contributed by atoms with Crippen molar-refractivity contribution in [3.63, 3.8) is 0 Å². The van der Waals surface area contributed by atoms with Crippen molar-refractivity contribution in [1.82, 2.24) is 5.32 Å². The van der Waals surface area contributed by atoms with Gasteiger partial charge in [0, 0.05) is 38.0 Å². The number of Topliss-reactive ketones (excluding diaryl/α,β-unsaturated/α-hetero) is 1. The SMILES string of the molecule is CCCCCC(=O)N[C@@H](c1ccccc1)[C@@H](O)C(=O)O[C@H]1C[C@@]2(O)[C@@H](OC(=O)c3ccccc3)[C@@H]3[C@]4(OC(C)=O)CO[C@@H]4C[C@H](O)[C@@]3(C)C(=O)[C@@H](OC(=O)CC)C(=C1C)C2(C)C. The lowest BCUT2D eigenvalue weighted by Crippen LogP contribution is -2.82. The largest absolute Gasteiger partial charge is 0.456 e. The van der Waals surface area contributed by atoms with Crippen molar-refractivity contribution in [2.24, 2.45) is 16.7 Å². The topological polar surface area (TPSA) is 221 Å². The van der Waals surface area contributed by atoms with E-state index in [4.69, 9.17) is 23.7 Å². The summed E-state index contributed by atoms with van der Waals surface area (Å²) >= 11 is 0. The maximum Gasteiger partial charge on any atom is 0.338 e. The summed E-state index contributed by atoms with van der Waals surface area (Å²) in [5.74, 6) is -6.45. The molecule has 15 heteroatoms. The smallest absolute Gasteiger partial charge is 0.338 e. The number of nitrogens with one attached hydrogen (secondary N) is 1. The molecule has 11 atom stereocenters. The number of aliphatic hydroxyl groups excluding tert-OH is 2. The van der Waals surface area contributed by atoms with Crippen LogP contribution in [0.2, 0.25) is 0 Å². The molecular formula is C47H59NO14. The fourth-order valence-electron chi connectivity index (χ4n) is 10.2. The molecule has 0 spiro atoms. The summed E-state index contributed by atoms with van der Waals surface area (Å²) in [6.07, 6.45) is -8.08. The van der Waals surface area contributed by atoms with Gasteiger partial charge < -0.3 is 44.3 Å². The number of ether oxygens (including phenoxy) is 5. The van der Waals surface area contributed by atoms with Crippen molar-refractivity contribution in [2.45, 2.75) is 147 Å². The first kappa shape index (κ1) is 46.5. The molecule has 1 aliphatic heterocycles. The first-order valence-corrected chi connectivity index (χ1v) is 21.4. The number of fused-ring (bicyclic) bond motifs is 5. The number of aliphatic hydroxyl groups is 3. The van der Waals surface area contributed by atoms with Crippen LogP contribution >= 0.6 is 0 Å². The number of carbonyl (C=O) groups is 6.